The van der Waals surface area contributed by atoms with Gasteiger partial charge in [-0.25, -0.2) is 9.48 Å². The van der Waals surface area contributed by atoms with Crippen LogP contribution >= 0.6 is 11.8 Å². The average molecular weight is 650 g/mol. The van der Waals surface area contributed by atoms with Gasteiger partial charge in [0, 0.05) is 50.7 Å². The van der Waals surface area contributed by atoms with Crippen LogP contribution in [0.2, 0.25) is 0 Å². The van der Waals surface area contributed by atoms with Gasteiger partial charge in [0.1, 0.15) is 12.4 Å². The fourth-order valence-corrected chi connectivity index (χ4v) is 8.75. The number of rotatable bonds is 6. The molecule has 1 N–H and O–H groups in total. The first kappa shape index (κ1) is 30.1. The topological polar surface area (TPSA) is 77.1 Å². The minimum atomic E-state index is -0.394. The van der Waals surface area contributed by atoms with Crippen LogP contribution in [-0.2, 0) is 4.74 Å². The van der Waals surface area contributed by atoms with Gasteiger partial charge in [0.25, 0.3) is 0 Å². The number of nitrogens with zero attached hydrogens (tertiary/aromatic N) is 6. The quantitative estimate of drug-likeness (QED) is 0.223. The number of aromatic nitrogens is 2. The monoisotopic (exact) mass is 649 g/mol. The number of aliphatic hydroxyl groups excluding tert-OH is 1. The van der Waals surface area contributed by atoms with Crippen molar-refractivity contribution in [3.8, 4) is 16.8 Å². The molecule has 2 atom stereocenters. The highest BCUT2D eigenvalue weighted by atomic mass is 32.2. The number of carbonyl (C=O) groups excluding carboxylic acids is 1. The molecule has 0 radical (unpaired) electrons. The number of thioether (sulfide) groups is 1. The summed E-state index contributed by atoms with van der Waals surface area (Å²) in [6, 6.07) is 29.0. The molecule has 3 aromatic carbocycles. The Balaban J connectivity index is 0.977. The third-order valence-electron chi connectivity index (χ3n) is 10.2. The van der Waals surface area contributed by atoms with Crippen molar-refractivity contribution in [3.05, 3.63) is 102 Å². The van der Waals surface area contributed by atoms with Crippen LogP contribution in [-0.4, -0.2) is 111 Å². The lowest BCUT2D eigenvalue weighted by Gasteiger charge is -2.38. The Morgan fingerprint density at radius 2 is 1.64 bits per heavy atom. The molecule has 1 aromatic heterocycles. The smallest absolute Gasteiger partial charge is 0.410 e. The second-order valence-electron chi connectivity index (χ2n) is 12.9. The van der Waals surface area contributed by atoms with Crippen LogP contribution < -0.4 is 4.90 Å². The molecule has 10 heteroatoms. The third-order valence-corrected chi connectivity index (χ3v) is 11.2. The molecule has 4 aliphatic rings. The van der Waals surface area contributed by atoms with Crippen molar-refractivity contribution in [2.24, 2.45) is 0 Å². The van der Waals surface area contributed by atoms with Gasteiger partial charge in [-0.1, -0.05) is 78.5 Å². The fourth-order valence-electron chi connectivity index (χ4n) is 7.79. The second kappa shape index (κ2) is 12.7. The largest absolute Gasteiger partial charge is 0.462 e. The third kappa shape index (κ3) is 5.67. The van der Waals surface area contributed by atoms with Gasteiger partial charge in [-0.3, -0.25) is 9.80 Å². The van der Waals surface area contributed by atoms with Gasteiger partial charge in [-0.05, 0) is 47.7 Å². The molecule has 47 heavy (non-hydrogen) atoms. The van der Waals surface area contributed by atoms with Gasteiger partial charge < -0.3 is 14.7 Å². The number of fused-ring (bicyclic) bond motifs is 3. The molecule has 3 saturated heterocycles. The predicted octanol–water partition coefficient (Wildman–Crippen LogP) is 5.37. The first-order valence-electron chi connectivity index (χ1n) is 16.7. The lowest BCUT2D eigenvalue weighted by atomic mass is 9.98. The number of carbonyl (C=O) groups is 1. The van der Waals surface area contributed by atoms with Crippen molar-refractivity contribution in [1.29, 1.82) is 0 Å². The van der Waals surface area contributed by atoms with Crippen LogP contribution in [0.5, 0.6) is 0 Å². The molecule has 0 unspecified atom stereocenters. The molecule has 242 valence electrons. The summed E-state index contributed by atoms with van der Waals surface area (Å²) in [4.78, 5) is 20.6. The number of likely N-dealkylation sites (tertiary alicyclic amines) is 1. The maximum atomic E-state index is 13.9. The summed E-state index contributed by atoms with van der Waals surface area (Å²) in [5.74, 6) is 3.13. The summed E-state index contributed by atoms with van der Waals surface area (Å²) >= 11 is 1.81. The number of amides is 1. The van der Waals surface area contributed by atoms with Gasteiger partial charge in [0.2, 0.25) is 0 Å². The van der Waals surface area contributed by atoms with E-state index in [4.69, 9.17) is 9.84 Å². The Labute approximate surface area is 280 Å². The summed E-state index contributed by atoms with van der Waals surface area (Å²) in [6.07, 6.45) is 0.344. The van der Waals surface area contributed by atoms with Crippen LogP contribution in [0.25, 0.3) is 16.8 Å². The van der Waals surface area contributed by atoms with Crippen molar-refractivity contribution in [2.75, 3.05) is 62.4 Å². The van der Waals surface area contributed by atoms with Crippen LogP contribution in [0.1, 0.15) is 29.2 Å². The Hall–Kier alpha value is -4.28. The lowest BCUT2D eigenvalue weighted by Crippen LogP contribution is -2.51. The fraction of sp³-hybridized carbons (Fsp3) is 0.378. The van der Waals surface area contributed by atoms with Crippen molar-refractivity contribution >= 4 is 29.6 Å². The molecule has 4 heterocycles. The Morgan fingerprint density at radius 1 is 0.957 bits per heavy atom. The first-order chi connectivity index (χ1) is 23.0. The highest BCUT2D eigenvalue weighted by Crippen LogP contribution is 2.44. The van der Waals surface area contributed by atoms with E-state index in [-0.39, 0.29) is 24.7 Å². The van der Waals surface area contributed by atoms with Gasteiger partial charge >= 0.3 is 12.0 Å². The Bertz CT molecular complexity index is 1750. The highest BCUT2D eigenvalue weighted by molar-refractivity contribution is 7.99. The van der Waals surface area contributed by atoms with Gasteiger partial charge in [0.15, 0.2) is 18.5 Å². The Kier molecular flexibility index (Phi) is 8.15. The SMILES string of the molecule is Cc1cc(N2CCN([C@H]3C[C@@H](/C(O)=[N+]4/CCSC4)N(C(=O)OCC4c5ccccc5-c5ccccc54)C3)CC2)n(-c2ccccc2)n1. The summed E-state index contributed by atoms with van der Waals surface area (Å²) in [5, 5.41) is 16.3. The van der Waals surface area contributed by atoms with E-state index in [9.17, 15) is 9.90 Å². The molecule has 8 rings (SSSR count). The van der Waals surface area contributed by atoms with Crippen LogP contribution in [0.4, 0.5) is 10.6 Å². The summed E-state index contributed by atoms with van der Waals surface area (Å²) in [5.41, 5.74) is 6.87. The minimum Gasteiger partial charge on any atom is -0.462 e. The zero-order valence-corrected chi connectivity index (χ0v) is 27.6. The van der Waals surface area contributed by atoms with Crippen LogP contribution in [0.3, 0.4) is 0 Å². The van der Waals surface area contributed by atoms with Crippen molar-refractivity contribution in [2.45, 2.75) is 31.3 Å². The van der Waals surface area contributed by atoms with Gasteiger partial charge in [0.05, 0.1) is 17.1 Å². The summed E-state index contributed by atoms with van der Waals surface area (Å²) in [7, 11) is 0. The zero-order chi connectivity index (χ0) is 31.9. The number of anilines is 1. The van der Waals surface area contributed by atoms with Gasteiger partial charge in [-0.15, -0.1) is 0 Å². The molecule has 3 aliphatic heterocycles. The predicted molar refractivity (Wildman–Crippen MR) is 186 cm³/mol. The number of piperazine rings is 1. The molecular weight excluding hydrogens is 609 g/mol. The van der Waals surface area contributed by atoms with Crippen molar-refractivity contribution in [3.63, 3.8) is 0 Å². The maximum Gasteiger partial charge on any atom is 0.410 e. The number of aliphatic hydroxyl groups is 1. The van der Waals surface area contributed by atoms with E-state index in [1.54, 1.807) is 4.90 Å². The Morgan fingerprint density at radius 3 is 2.32 bits per heavy atom. The first-order valence-corrected chi connectivity index (χ1v) is 17.8. The molecule has 0 saturated carbocycles. The molecule has 4 aromatic rings. The molecule has 0 spiro atoms. The maximum absolute atomic E-state index is 13.9. The number of hydrogen-bond donors (Lipinski definition) is 1. The standard InChI is InChI=1S/C37H40N6O3S/c1-26-21-35(43(38-26)27-9-3-2-4-10-27)40-17-15-39(16-18-40)28-22-34(36(44)41-19-20-47-25-41)42(23-28)37(45)46-24-33-31-13-7-5-11-29(31)30-12-6-8-14-32(30)33/h2-14,21,28,33-34H,15-20,22-25H2,1H3/p+1/t28-,34-/m0/s1. The highest BCUT2D eigenvalue weighted by Gasteiger charge is 2.46. The number of hydrogen-bond acceptors (Lipinski definition) is 6. The molecule has 9 nitrogen and oxygen atoms in total. The number of aryl methyl sites for hydroxylation is 1. The van der Waals surface area contributed by atoms with E-state index in [1.807, 2.05) is 46.1 Å². The van der Waals surface area contributed by atoms with E-state index in [0.717, 1.165) is 61.6 Å². The number of para-hydroxylation sites is 1. The normalized spacial score (nSPS) is 22.4. The zero-order valence-electron chi connectivity index (χ0n) is 26.7. The number of benzene rings is 3. The minimum absolute atomic E-state index is 0.00297. The molecule has 1 aliphatic carbocycles. The molecule has 3 fully saturated rings. The van der Waals surface area contributed by atoms with Crippen LogP contribution in [0.15, 0.2) is 84.9 Å². The summed E-state index contributed by atoms with van der Waals surface area (Å²) < 4.78 is 10.2. The molecular formula is C37H41N6O3S+. The molecule has 1 amide bonds. The van der Waals surface area contributed by atoms with Crippen molar-refractivity contribution in [1.82, 2.24) is 19.6 Å². The van der Waals surface area contributed by atoms with E-state index >= 15 is 0 Å². The number of ether oxygens (including phenoxy) is 1. The second-order valence-corrected chi connectivity index (χ2v) is 14.0. The summed E-state index contributed by atoms with van der Waals surface area (Å²) in [6.45, 7) is 7.11. The van der Waals surface area contributed by atoms with E-state index < -0.39 is 6.04 Å². The van der Waals surface area contributed by atoms with Crippen molar-refractivity contribution < 1.29 is 19.2 Å². The average Bonchev–Trinajstić information content (AvgIpc) is 3.93. The van der Waals surface area contributed by atoms with Gasteiger partial charge in [-0.2, -0.15) is 9.67 Å². The van der Waals surface area contributed by atoms with Crippen LogP contribution in [0, 0.1) is 6.92 Å². The lowest BCUT2D eigenvalue weighted by molar-refractivity contribution is -0.506. The van der Waals surface area contributed by atoms with E-state index in [0.29, 0.717) is 18.9 Å². The van der Waals surface area contributed by atoms with E-state index in [1.165, 1.54) is 22.3 Å². The molecule has 0 bridgehead atoms. The van der Waals surface area contributed by atoms with E-state index in [2.05, 4.69) is 76.5 Å².